The Kier molecular flexibility index (Phi) is 5.90. The van der Waals surface area contributed by atoms with Gasteiger partial charge in [0.15, 0.2) is 0 Å². The number of aliphatic hydroxyl groups is 1. The van der Waals surface area contributed by atoms with Crippen LogP contribution < -0.4 is 10.6 Å². The smallest absolute Gasteiger partial charge is 0.0431 e. The topological polar surface area (TPSA) is 49.5 Å². The summed E-state index contributed by atoms with van der Waals surface area (Å²) >= 11 is 0. The second-order valence-electron chi connectivity index (χ2n) is 4.04. The Bertz CT molecular complexity index is 302. The number of unbranched alkanes of at least 4 members (excludes halogenated alkanes) is 2. The van der Waals surface area contributed by atoms with E-state index in [1.165, 1.54) is 11.3 Å². The third-order valence-corrected chi connectivity index (χ3v) is 2.77. The zero-order chi connectivity index (χ0) is 11.8. The Morgan fingerprint density at radius 3 is 2.62 bits per heavy atom. The van der Waals surface area contributed by atoms with Gasteiger partial charge in [-0.05, 0) is 30.9 Å². The molecular weight excluding hydrogens is 200 g/mol. The van der Waals surface area contributed by atoms with E-state index >= 15 is 0 Å². The summed E-state index contributed by atoms with van der Waals surface area (Å²) in [5, 5.41) is 8.70. The second-order valence-corrected chi connectivity index (χ2v) is 4.04. The van der Waals surface area contributed by atoms with Crippen LogP contribution in [-0.2, 0) is 6.54 Å². The van der Waals surface area contributed by atoms with Crippen molar-refractivity contribution in [3.63, 3.8) is 0 Å². The van der Waals surface area contributed by atoms with Crippen LogP contribution >= 0.6 is 0 Å². The van der Waals surface area contributed by atoms with Gasteiger partial charge in [-0.2, -0.15) is 0 Å². The minimum absolute atomic E-state index is 0.295. The summed E-state index contributed by atoms with van der Waals surface area (Å²) in [4.78, 5) is 2.24. The quantitative estimate of drug-likeness (QED) is 0.691. The molecule has 3 heteroatoms. The Morgan fingerprint density at radius 1 is 1.19 bits per heavy atom. The van der Waals surface area contributed by atoms with Crippen LogP contribution in [-0.4, -0.2) is 25.3 Å². The van der Waals surface area contributed by atoms with E-state index in [-0.39, 0.29) is 0 Å². The van der Waals surface area contributed by atoms with Crippen molar-refractivity contribution >= 4 is 5.69 Å². The Balaban J connectivity index is 2.48. The first-order chi connectivity index (χ1) is 7.79. The van der Waals surface area contributed by atoms with Crippen molar-refractivity contribution in [2.75, 3.05) is 25.1 Å². The van der Waals surface area contributed by atoms with Crippen LogP contribution in [0, 0.1) is 0 Å². The molecule has 0 fully saturated rings. The molecule has 0 aliphatic carbocycles. The maximum absolute atomic E-state index is 8.70. The van der Waals surface area contributed by atoms with Gasteiger partial charge in [0.05, 0.1) is 0 Å². The molecule has 16 heavy (non-hydrogen) atoms. The second kappa shape index (κ2) is 7.25. The van der Waals surface area contributed by atoms with E-state index in [0.717, 1.165) is 25.8 Å². The number of aliphatic hydroxyl groups excluding tert-OH is 1. The Morgan fingerprint density at radius 2 is 1.94 bits per heavy atom. The average molecular weight is 222 g/mol. The van der Waals surface area contributed by atoms with E-state index in [0.29, 0.717) is 13.2 Å². The van der Waals surface area contributed by atoms with Crippen LogP contribution in [0.1, 0.15) is 24.8 Å². The lowest BCUT2D eigenvalue weighted by atomic mass is 10.1. The highest BCUT2D eigenvalue weighted by molar-refractivity contribution is 5.52. The lowest BCUT2D eigenvalue weighted by molar-refractivity contribution is 0.283. The van der Waals surface area contributed by atoms with Crippen molar-refractivity contribution in [3.8, 4) is 0 Å². The fraction of sp³-hybridized carbons (Fsp3) is 0.538. The molecule has 0 bridgehead atoms. The van der Waals surface area contributed by atoms with Gasteiger partial charge in [0.1, 0.15) is 0 Å². The largest absolute Gasteiger partial charge is 0.396 e. The van der Waals surface area contributed by atoms with Gasteiger partial charge in [0, 0.05) is 32.4 Å². The fourth-order valence-electron chi connectivity index (χ4n) is 1.81. The molecule has 0 spiro atoms. The molecule has 0 saturated heterocycles. The first-order valence-electron chi connectivity index (χ1n) is 5.89. The molecule has 0 aromatic heterocycles. The van der Waals surface area contributed by atoms with Crippen LogP contribution in [0.5, 0.6) is 0 Å². The van der Waals surface area contributed by atoms with Crippen molar-refractivity contribution in [2.24, 2.45) is 5.73 Å². The van der Waals surface area contributed by atoms with Gasteiger partial charge in [0.25, 0.3) is 0 Å². The minimum Gasteiger partial charge on any atom is -0.396 e. The number of hydrogen-bond acceptors (Lipinski definition) is 3. The van der Waals surface area contributed by atoms with Crippen molar-refractivity contribution in [1.82, 2.24) is 0 Å². The van der Waals surface area contributed by atoms with Gasteiger partial charge >= 0.3 is 0 Å². The molecule has 0 heterocycles. The highest BCUT2D eigenvalue weighted by Crippen LogP contribution is 2.18. The molecule has 3 N–H and O–H groups in total. The summed E-state index contributed by atoms with van der Waals surface area (Å²) in [5.74, 6) is 0. The van der Waals surface area contributed by atoms with E-state index in [9.17, 15) is 0 Å². The van der Waals surface area contributed by atoms with Gasteiger partial charge in [0.2, 0.25) is 0 Å². The number of rotatable bonds is 7. The van der Waals surface area contributed by atoms with Gasteiger partial charge in [-0.25, -0.2) is 0 Å². The summed E-state index contributed by atoms with van der Waals surface area (Å²) in [6, 6.07) is 8.23. The summed E-state index contributed by atoms with van der Waals surface area (Å²) in [6.07, 6.45) is 3.08. The average Bonchev–Trinajstić information content (AvgIpc) is 2.34. The van der Waals surface area contributed by atoms with Gasteiger partial charge in [-0.1, -0.05) is 18.2 Å². The molecule has 0 atom stereocenters. The summed E-state index contributed by atoms with van der Waals surface area (Å²) in [5.41, 5.74) is 8.11. The Hall–Kier alpha value is -1.06. The highest BCUT2D eigenvalue weighted by atomic mass is 16.2. The van der Waals surface area contributed by atoms with Crippen molar-refractivity contribution in [3.05, 3.63) is 29.8 Å². The molecule has 1 aromatic rings. The van der Waals surface area contributed by atoms with Crippen LogP contribution in [0.15, 0.2) is 24.3 Å². The van der Waals surface area contributed by atoms with E-state index in [2.05, 4.69) is 24.1 Å². The molecule has 0 aliphatic heterocycles. The number of para-hydroxylation sites is 1. The molecule has 3 nitrogen and oxygen atoms in total. The molecular formula is C13H22N2O. The summed E-state index contributed by atoms with van der Waals surface area (Å²) in [6.45, 7) is 1.89. The van der Waals surface area contributed by atoms with Gasteiger partial charge in [-0.3, -0.25) is 0 Å². The zero-order valence-corrected chi connectivity index (χ0v) is 10.0. The fourth-order valence-corrected chi connectivity index (χ4v) is 1.81. The van der Waals surface area contributed by atoms with E-state index in [1.807, 2.05) is 12.1 Å². The van der Waals surface area contributed by atoms with E-state index < -0.39 is 0 Å². The molecule has 1 aromatic carbocycles. The van der Waals surface area contributed by atoms with E-state index in [1.54, 1.807) is 0 Å². The number of hydrogen-bond donors (Lipinski definition) is 2. The minimum atomic E-state index is 0.295. The number of benzene rings is 1. The van der Waals surface area contributed by atoms with Crippen LogP contribution in [0.3, 0.4) is 0 Å². The van der Waals surface area contributed by atoms with Crippen molar-refractivity contribution in [2.45, 2.75) is 25.8 Å². The third kappa shape index (κ3) is 3.83. The van der Waals surface area contributed by atoms with Crippen LogP contribution in [0.2, 0.25) is 0 Å². The lowest BCUT2D eigenvalue weighted by Crippen LogP contribution is -2.20. The van der Waals surface area contributed by atoms with Crippen molar-refractivity contribution < 1.29 is 5.11 Å². The SMILES string of the molecule is CN(CCCCCO)c1ccccc1CN. The predicted molar refractivity (Wildman–Crippen MR) is 68.5 cm³/mol. The number of anilines is 1. The lowest BCUT2D eigenvalue weighted by Gasteiger charge is -2.22. The predicted octanol–water partition coefficient (Wildman–Crippen LogP) is 1.74. The molecule has 0 saturated carbocycles. The van der Waals surface area contributed by atoms with Crippen LogP contribution in [0.25, 0.3) is 0 Å². The molecule has 0 radical (unpaired) electrons. The molecule has 0 amide bonds. The zero-order valence-electron chi connectivity index (χ0n) is 10.0. The van der Waals surface area contributed by atoms with Crippen molar-refractivity contribution in [1.29, 1.82) is 0 Å². The molecule has 1 rings (SSSR count). The maximum Gasteiger partial charge on any atom is 0.0431 e. The third-order valence-electron chi connectivity index (χ3n) is 2.77. The van der Waals surface area contributed by atoms with E-state index in [4.69, 9.17) is 10.8 Å². The number of nitrogens with two attached hydrogens (primary N) is 1. The van der Waals surface area contributed by atoms with Crippen LogP contribution in [0.4, 0.5) is 5.69 Å². The monoisotopic (exact) mass is 222 g/mol. The normalized spacial score (nSPS) is 10.4. The summed E-state index contributed by atoms with van der Waals surface area (Å²) in [7, 11) is 2.09. The summed E-state index contributed by atoms with van der Waals surface area (Å²) < 4.78 is 0. The first kappa shape index (κ1) is 13.0. The van der Waals surface area contributed by atoms with Gasteiger partial charge < -0.3 is 15.7 Å². The highest BCUT2D eigenvalue weighted by Gasteiger charge is 2.04. The molecule has 90 valence electrons. The maximum atomic E-state index is 8.70. The van der Waals surface area contributed by atoms with Gasteiger partial charge in [-0.15, -0.1) is 0 Å². The molecule has 0 unspecified atom stereocenters. The first-order valence-corrected chi connectivity index (χ1v) is 5.89. The molecule has 0 aliphatic rings. The standard InChI is InChI=1S/C13H22N2O/c1-15(9-5-2-6-10-16)13-8-4-3-7-12(13)11-14/h3-4,7-8,16H,2,5-6,9-11,14H2,1H3. The number of nitrogens with zero attached hydrogens (tertiary/aromatic N) is 1. The Labute approximate surface area is 97.9 Å².